The van der Waals surface area contributed by atoms with Crippen molar-refractivity contribution in [1.29, 1.82) is 0 Å². The smallest absolute Gasteiger partial charge is 0.417 e. The molecule has 0 bridgehead atoms. The third-order valence-corrected chi connectivity index (χ3v) is 6.31. The predicted molar refractivity (Wildman–Crippen MR) is 133 cm³/mol. The van der Waals surface area contributed by atoms with E-state index in [-0.39, 0.29) is 30.6 Å². The molecule has 37 heavy (non-hydrogen) atoms. The van der Waals surface area contributed by atoms with Crippen molar-refractivity contribution in [3.8, 4) is 16.9 Å². The third kappa shape index (κ3) is 7.01. The summed E-state index contributed by atoms with van der Waals surface area (Å²) >= 11 is 0. The van der Waals surface area contributed by atoms with Crippen molar-refractivity contribution in [2.24, 2.45) is 5.92 Å². The van der Waals surface area contributed by atoms with Crippen LogP contribution in [-0.2, 0) is 17.5 Å². The minimum atomic E-state index is -4.51. The van der Waals surface area contributed by atoms with Gasteiger partial charge in [0.2, 0.25) is 0 Å². The monoisotopic (exact) mass is 514 g/mol. The topological polar surface area (TPSA) is 91.7 Å². The van der Waals surface area contributed by atoms with Gasteiger partial charge in [-0.05, 0) is 73.4 Å². The molecule has 0 amide bonds. The molecule has 6 nitrogen and oxygen atoms in total. The second-order valence-corrected chi connectivity index (χ2v) is 9.93. The van der Waals surface area contributed by atoms with Crippen LogP contribution in [0.1, 0.15) is 49.4 Å². The number of aliphatic hydroxyl groups is 1. The molecule has 1 aliphatic carbocycles. The maximum Gasteiger partial charge on any atom is 0.417 e. The van der Waals surface area contributed by atoms with Crippen LogP contribution in [0.25, 0.3) is 11.1 Å². The number of anilines is 1. The number of rotatable bonds is 10. The van der Waals surface area contributed by atoms with Crippen LogP contribution >= 0.6 is 0 Å². The normalized spacial score (nSPS) is 17.4. The quantitative estimate of drug-likeness (QED) is 0.303. The van der Waals surface area contributed by atoms with Crippen LogP contribution in [0.4, 0.5) is 18.9 Å². The number of aliphatic carboxylic acids is 1. The summed E-state index contributed by atoms with van der Waals surface area (Å²) in [6, 6.07) is 14.0. The van der Waals surface area contributed by atoms with Gasteiger partial charge in [0.15, 0.2) is 0 Å². The molecule has 196 valence electrons. The van der Waals surface area contributed by atoms with Gasteiger partial charge in [-0.25, -0.2) is 0 Å². The summed E-state index contributed by atoms with van der Waals surface area (Å²) in [7, 11) is 0. The van der Waals surface area contributed by atoms with Gasteiger partial charge in [-0.2, -0.15) is 13.2 Å². The van der Waals surface area contributed by atoms with E-state index in [0.717, 1.165) is 11.8 Å². The fourth-order valence-corrected chi connectivity index (χ4v) is 4.06. The lowest BCUT2D eigenvalue weighted by atomic mass is 9.96. The van der Waals surface area contributed by atoms with Crippen LogP contribution in [0.5, 0.6) is 5.75 Å². The van der Waals surface area contributed by atoms with E-state index >= 15 is 0 Å². The van der Waals surface area contributed by atoms with Crippen LogP contribution in [0.2, 0.25) is 0 Å². The zero-order valence-corrected chi connectivity index (χ0v) is 20.5. The van der Waals surface area contributed by atoms with Crippen molar-refractivity contribution in [2.45, 2.75) is 50.9 Å². The van der Waals surface area contributed by atoms with E-state index in [4.69, 9.17) is 9.84 Å². The van der Waals surface area contributed by atoms with Gasteiger partial charge in [0.25, 0.3) is 0 Å². The molecule has 3 aromatic rings. The second kappa shape index (κ2) is 10.4. The average molecular weight is 515 g/mol. The minimum absolute atomic E-state index is 0.0664. The Kier molecular flexibility index (Phi) is 7.45. The molecule has 9 heteroatoms. The van der Waals surface area contributed by atoms with E-state index in [2.05, 4.69) is 10.3 Å². The van der Waals surface area contributed by atoms with Crippen LogP contribution in [-0.4, -0.2) is 33.4 Å². The first kappa shape index (κ1) is 26.5. The molecule has 1 fully saturated rings. The number of nitrogens with one attached hydrogen (secondary N) is 1. The molecule has 2 atom stereocenters. The molecular weight excluding hydrogens is 485 g/mol. The van der Waals surface area contributed by atoms with Crippen molar-refractivity contribution < 1.29 is 32.9 Å². The van der Waals surface area contributed by atoms with Gasteiger partial charge in [-0.1, -0.05) is 18.2 Å². The molecule has 1 unspecified atom stereocenters. The SMILES string of the molecule is CC(C)(O)CCOc1ccc(-c2cc(CNc3ccc([C@H]4CC4C(=O)O)nc3)ccc2C(F)(F)F)cc1. The molecule has 1 heterocycles. The molecular formula is C28H29F3N2O4. The lowest BCUT2D eigenvalue weighted by molar-refractivity contribution is -0.139. The highest BCUT2D eigenvalue weighted by atomic mass is 19.4. The number of benzene rings is 2. The second-order valence-electron chi connectivity index (χ2n) is 9.93. The number of aromatic nitrogens is 1. The van der Waals surface area contributed by atoms with Gasteiger partial charge in [-0.3, -0.25) is 9.78 Å². The maximum absolute atomic E-state index is 13.8. The van der Waals surface area contributed by atoms with Crippen LogP contribution in [0.3, 0.4) is 0 Å². The first-order valence-electron chi connectivity index (χ1n) is 12.0. The summed E-state index contributed by atoms with van der Waals surface area (Å²) in [6.45, 7) is 3.92. The Morgan fingerprint density at radius 1 is 1.11 bits per heavy atom. The summed E-state index contributed by atoms with van der Waals surface area (Å²) < 4.78 is 46.9. The predicted octanol–water partition coefficient (Wildman–Crippen LogP) is 6.11. The molecule has 3 N–H and O–H groups in total. The molecule has 4 rings (SSSR count). The van der Waals surface area contributed by atoms with Gasteiger partial charge in [0.05, 0.1) is 35.6 Å². The Morgan fingerprint density at radius 2 is 1.84 bits per heavy atom. The van der Waals surface area contributed by atoms with Crippen LogP contribution in [0, 0.1) is 5.92 Å². The highest BCUT2D eigenvalue weighted by Gasteiger charge is 2.45. The number of nitrogens with zero attached hydrogens (tertiary/aromatic N) is 1. The van der Waals surface area contributed by atoms with Crippen molar-refractivity contribution in [3.05, 3.63) is 77.6 Å². The van der Waals surface area contributed by atoms with Crippen molar-refractivity contribution in [3.63, 3.8) is 0 Å². The molecule has 1 aromatic heterocycles. The Hall–Kier alpha value is -3.59. The molecule has 0 radical (unpaired) electrons. The molecule has 2 aromatic carbocycles. The van der Waals surface area contributed by atoms with E-state index in [0.29, 0.717) is 35.4 Å². The standard InChI is InChI=1S/C28H29F3N2O4/c1-27(2,36)11-12-37-20-7-4-18(5-8-20)21-13-17(3-9-24(21)28(29,30)31)15-32-19-6-10-25(33-16-19)22-14-23(22)26(34)35/h3-10,13,16,22-23,32,36H,11-12,14-15H2,1-2H3,(H,34,35)/t22-,23?/m0/s1. The fourth-order valence-electron chi connectivity index (χ4n) is 4.06. The van der Waals surface area contributed by atoms with E-state index < -0.39 is 23.3 Å². The molecule has 0 saturated heterocycles. The zero-order chi connectivity index (χ0) is 26.8. The number of halogens is 3. The van der Waals surface area contributed by atoms with Crippen molar-refractivity contribution in [1.82, 2.24) is 4.98 Å². The number of hydrogen-bond acceptors (Lipinski definition) is 5. The Labute approximate surface area is 213 Å². The third-order valence-electron chi connectivity index (χ3n) is 6.31. The number of ether oxygens (including phenoxy) is 1. The Balaban J connectivity index is 1.46. The van der Waals surface area contributed by atoms with E-state index in [9.17, 15) is 23.1 Å². The van der Waals surface area contributed by atoms with Gasteiger partial charge in [0.1, 0.15) is 5.75 Å². The molecule has 0 aliphatic heterocycles. The Morgan fingerprint density at radius 3 is 2.41 bits per heavy atom. The first-order valence-corrected chi connectivity index (χ1v) is 12.0. The van der Waals surface area contributed by atoms with Gasteiger partial charge < -0.3 is 20.3 Å². The average Bonchev–Trinajstić information content (AvgIpc) is 3.63. The van der Waals surface area contributed by atoms with E-state index in [1.807, 2.05) is 0 Å². The van der Waals surface area contributed by atoms with Gasteiger partial charge in [0, 0.05) is 24.6 Å². The number of carboxylic acid groups (broad SMARTS) is 1. The Bertz CT molecular complexity index is 1240. The number of carboxylic acids is 1. The van der Waals surface area contributed by atoms with Crippen LogP contribution in [0.15, 0.2) is 60.8 Å². The molecule has 1 saturated carbocycles. The number of carbonyl (C=O) groups is 1. The van der Waals surface area contributed by atoms with Crippen molar-refractivity contribution in [2.75, 3.05) is 11.9 Å². The first-order chi connectivity index (χ1) is 17.4. The van der Waals surface area contributed by atoms with Gasteiger partial charge >= 0.3 is 12.1 Å². The zero-order valence-electron chi connectivity index (χ0n) is 20.5. The maximum atomic E-state index is 13.8. The summed E-state index contributed by atoms with van der Waals surface area (Å²) in [5.74, 6) is -0.760. The van der Waals surface area contributed by atoms with Crippen molar-refractivity contribution >= 4 is 11.7 Å². The summed E-state index contributed by atoms with van der Waals surface area (Å²) in [5.41, 5.74) is 0.951. The summed E-state index contributed by atoms with van der Waals surface area (Å²) in [4.78, 5) is 15.4. The molecule has 1 aliphatic rings. The fraction of sp³-hybridized carbons (Fsp3) is 0.357. The number of hydrogen-bond donors (Lipinski definition) is 3. The molecule has 0 spiro atoms. The highest BCUT2D eigenvalue weighted by molar-refractivity contribution is 5.75. The van der Waals surface area contributed by atoms with E-state index in [1.54, 1.807) is 56.4 Å². The lowest BCUT2D eigenvalue weighted by Gasteiger charge is -2.18. The number of alkyl halides is 3. The highest BCUT2D eigenvalue weighted by Crippen LogP contribution is 2.46. The largest absolute Gasteiger partial charge is 0.493 e. The summed E-state index contributed by atoms with van der Waals surface area (Å²) in [5, 5.41) is 22.0. The van der Waals surface area contributed by atoms with Gasteiger partial charge in [-0.15, -0.1) is 0 Å². The lowest BCUT2D eigenvalue weighted by Crippen LogP contribution is -2.21. The minimum Gasteiger partial charge on any atom is -0.493 e. The van der Waals surface area contributed by atoms with E-state index in [1.165, 1.54) is 12.1 Å². The van der Waals surface area contributed by atoms with Crippen LogP contribution < -0.4 is 10.1 Å². The summed E-state index contributed by atoms with van der Waals surface area (Å²) in [6.07, 6.45) is -1.91. The number of pyridine rings is 1.